The summed E-state index contributed by atoms with van der Waals surface area (Å²) in [6.45, 7) is 9.04. The molecule has 28 heavy (non-hydrogen) atoms. The maximum atomic E-state index is 12.5. The molecule has 3 heterocycles. The molecule has 0 bridgehead atoms. The SMILES string of the molecule is CC(=O)N(CCc1noc(CC(C)C)n1)C1CCN(C(=O)c2cc(C)on2)C1. The molecular formula is C19H27N5O4. The number of hydrogen-bond donors (Lipinski definition) is 0. The van der Waals surface area contributed by atoms with Crippen molar-refractivity contribution >= 4 is 11.8 Å². The minimum atomic E-state index is -0.167. The fourth-order valence-corrected chi connectivity index (χ4v) is 3.45. The maximum absolute atomic E-state index is 12.5. The van der Waals surface area contributed by atoms with Crippen LogP contribution in [0.5, 0.6) is 0 Å². The van der Waals surface area contributed by atoms with Crippen LogP contribution in [-0.4, -0.2) is 62.6 Å². The van der Waals surface area contributed by atoms with Crippen LogP contribution in [0.15, 0.2) is 15.1 Å². The normalized spacial score (nSPS) is 16.8. The van der Waals surface area contributed by atoms with Gasteiger partial charge in [-0.2, -0.15) is 4.98 Å². The number of aromatic nitrogens is 3. The molecule has 9 nitrogen and oxygen atoms in total. The van der Waals surface area contributed by atoms with E-state index in [1.807, 2.05) is 0 Å². The molecule has 1 aliphatic heterocycles. The van der Waals surface area contributed by atoms with E-state index in [9.17, 15) is 9.59 Å². The summed E-state index contributed by atoms with van der Waals surface area (Å²) in [5, 5.41) is 7.80. The van der Waals surface area contributed by atoms with Gasteiger partial charge in [0.05, 0.1) is 6.04 Å². The summed E-state index contributed by atoms with van der Waals surface area (Å²) in [5.74, 6) is 2.08. The van der Waals surface area contributed by atoms with E-state index in [1.54, 1.807) is 29.7 Å². The molecule has 1 aliphatic rings. The molecule has 152 valence electrons. The molecule has 2 aromatic heterocycles. The third-order valence-electron chi connectivity index (χ3n) is 4.81. The second-order valence-electron chi connectivity index (χ2n) is 7.68. The van der Waals surface area contributed by atoms with Gasteiger partial charge in [0.1, 0.15) is 5.76 Å². The van der Waals surface area contributed by atoms with Crippen molar-refractivity contribution in [1.82, 2.24) is 25.1 Å². The highest BCUT2D eigenvalue weighted by molar-refractivity contribution is 5.92. The van der Waals surface area contributed by atoms with Crippen LogP contribution in [-0.2, 0) is 17.6 Å². The zero-order chi connectivity index (χ0) is 20.3. The highest BCUT2D eigenvalue weighted by Crippen LogP contribution is 2.19. The number of carbonyl (C=O) groups excluding carboxylic acids is 2. The van der Waals surface area contributed by atoms with Crippen molar-refractivity contribution < 1.29 is 18.6 Å². The molecule has 0 aromatic carbocycles. The van der Waals surface area contributed by atoms with Gasteiger partial charge in [0.15, 0.2) is 11.5 Å². The van der Waals surface area contributed by atoms with Gasteiger partial charge >= 0.3 is 0 Å². The summed E-state index contributed by atoms with van der Waals surface area (Å²) < 4.78 is 10.2. The van der Waals surface area contributed by atoms with Gasteiger partial charge in [0.2, 0.25) is 11.8 Å². The van der Waals surface area contributed by atoms with Crippen molar-refractivity contribution in [2.24, 2.45) is 5.92 Å². The molecule has 0 radical (unpaired) electrons. The van der Waals surface area contributed by atoms with Gasteiger partial charge in [-0.3, -0.25) is 9.59 Å². The number of rotatable bonds is 7. The number of nitrogens with zero attached hydrogens (tertiary/aromatic N) is 5. The molecule has 1 unspecified atom stereocenters. The molecule has 1 atom stereocenters. The Hall–Kier alpha value is -2.71. The Bertz CT molecular complexity index is 828. The molecule has 1 saturated heterocycles. The Morgan fingerprint density at radius 1 is 1.32 bits per heavy atom. The van der Waals surface area contributed by atoms with Gasteiger partial charge in [-0.1, -0.05) is 24.2 Å². The summed E-state index contributed by atoms with van der Waals surface area (Å²) in [4.78, 5) is 32.6. The number of amides is 2. The average molecular weight is 389 g/mol. The molecule has 0 spiro atoms. The van der Waals surface area contributed by atoms with Gasteiger partial charge in [-0.05, 0) is 19.3 Å². The standard InChI is InChI=1S/C19H27N5O4/c1-12(2)9-18-20-17(22-28-18)6-8-24(14(4)25)15-5-7-23(11-15)19(26)16-10-13(3)27-21-16/h10,12,15H,5-9,11H2,1-4H3. The second kappa shape index (κ2) is 8.53. The second-order valence-corrected chi connectivity index (χ2v) is 7.68. The van der Waals surface area contributed by atoms with Crippen molar-refractivity contribution in [2.75, 3.05) is 19.6 Å². The lowest BCUT2D eigenvalue weighted by Gasteiger charge is -2.27. The van der Waals surface area contributed by atoms with Crippen LogP contribution in [0.25, 0.3) is 0 Å². The minimum Gasteiger partial charge on any atom is -0.361 e. The van der Waals surface area contributed by atoms with Gasteiger partial charge in [-0.25, -0.2) is 0 Å². The number of hydrogen-bond acceptors (Lipinski definition) is 7. The Morgan fingerprint density at radius 2 is 2.11 bits per heavy atom. The topological polar surface area (TPSA) is 106 Å². The summed E-state index contributed by atoms with van der Waals surface area (Å²) in [5.41, 5.74) is 0.303. The summed E-state index contributed by atoms with van der Waals surface area (Å²) in [7, 11) is 0. The highest BCUT2D eigenvalue weighted by atomic mass is 16.5. The first-order valence-corrected chi connectivity index (χ1v) is 9.64. The molecule has 2 aromatic rings. The number of aryl methyl sites for hydroxylation is 1. The Kier molecular flexibility index (Phi) is 6.11. The average Bonchev–Trinajstić information content (AvgIpc) is 3.35. The molecule has 1 fully saturated rings. The molecule has 0 N–H and O–H groups in total. The van der Waals surface area contributed by atoms with Crippen molar-refractivity contribution in [3.05, 3.63) is 29.2 Å². The first-order valence-electron chi connectivity index (χ1n) is 9.64. The summed E-state index contributed by atoms with van der Waals surface area (Å²) >= 11 is 0. The van der Waals surface area contributed by atoms with Gasteiger partial charge in [0, 0.05) is 45.5 Å². The van der Waals surface area contributed by atoms with E-state index in [0.717, 1.165) is 12.8 Å². The largest absolute Gasteiger partial charge is 0.361 e. The van der Waals surface area contributed by atoms with Crippen molar-refractivity contribution in [1.29, 1.82) is 0 Å². The molecule has 0 aliphatic carbocycles. The van der Waals surface area contributed by atoms with Gasteiger partial charge in [0.25, 0.3) is 5.91 Å². The summed E-state index contributed by atoms with van der Waals surface area (Å²) in [6, 6.07) is 1.60. The van der Waals surface area contributed by atoms with E-state index < -0.39 is 0 Å². The van der Waals surface area contributed by atoms with E-state index in [4.69, 9.17) is 9.05 Å². The highest BCUT2D eigenvalue weighted by Gasteiger charge is 2.33. The van der Waals surface area contributed by atoms with E-state index in [1.165, 1.54) is 0 Å². The monoisotopic (exact) mass is 389 g/mol. The predicted molar refractivity (Wildman–Crippen MR) is 99.5 cm³/mol. The number of carbonyl (C=O) groups is 2. The molecule has 2 amide bonds. The quantitative estimate of drug-likeness (QED) is 0.712. The van der Waals surface area contributed by atoms with Crippen LogP contribution in [0.3, 0.4) is 0 Å². The lowest BCUT2D eigenvalue weighted by Crippen LogP contribution is -2.42. The predicted octanol–water partition coefficient (Wildman–Crippen LogP) is 1.87. The third-order valence-corrected chi connectivity index (χ3v) is 4.81. The summed E-state index contributed by atoms with van der Waals surface area (Å²) in [6.07, 6.45) is 1.99. The first-order chi connectivity index (χ1) is 13.3. The minimum absolute atomic E-state index is 0.0255. The molecular weight excluding hydrogens is 362 g/mol. The van der Waals surface area contributed by atoms with Crippen LogP contribution in [0.2, 0.25) is 0 Å². The Balaban J connectivity index is 1.58. The van der Waals surface area contributed by atoms with Crippen molar-refractivity contribution in [3.63, 3.8) is 0 Å². The maximum Gasteiger partial charge on any atom is 0.276 e. The third kappa shape index (κ3) is 4.76. The van der Waals surface area contributed by atoms with E-state index in [-0.39, 0.29) is 17.9 Å². The van der Waals surface area contributed by atoms with Crippen LogP contribution in [0.1, 0.15) is 55.2 Å². The molecule has 0 saturated carbocycles. The molecule has 9 heteroatoms. The first kappa shape index (κ1) is 20.0. The van der Waals surface area contributed by atoms with Crippen LogP contribution < -0.4 is 0 Å². The number of likely N-dealkylation sites (tertiary alicyclic amines) is 1. The van der Waals surface area contributed by atoms with Crippen LogP contribution in [0, 0.1) is 12.8 Å². The van der Waals surface area contributed by atoms with Crippen LogP contribution in [0.4, 0.5) is 0 Å². The fraction of sp³-hybridized carbons (Fsp3) is 0.632. The fourth-order valence-electron chi connectivity index (χ4n) is 3.45. The smallest absolute Gasteiger partial charge is 0.276 e. The van der Waals surface area contributed by atoms with Gasteiger partial charge in [-0.15, -0.1) is 0 Å². The van der Waals surface area contributed by atoms with E-state index >= 15 is 0 Å². The lowest BCUT2D eigenvalue weighted by atomic mass is 10.1. The zero-order valence-corrected chi connectivity index (χ0v) is 16.8. The van der Waals surface area contributed by atoms with Crippen molar-refractivity contribution in [2.45, 2.75) is 53.0 Å². The Labute approximate surface area is 164 Å². The Morgan fingerprint density at radius 3 is 2.75 bits per heavy atom. The van der Waals surface area contributed by atoms with Crippen LogP contribution >= 0.6 is 0 Å². The zero-order valence-electron chi connectivity index (χ0n) is 16.8. The van der Waals surface area contributed by atoms with Crippen molar-refractivity contribution in [3.8, 4) is 0 Å². The lowest BCUT2D eigenvalue weighted by molar-refractivity contribution is -0.130. The molecule has 3 rings (SSSR count). The van der Waals surface area contributed by atoms with E-state index in [0.29, 0.717) is 55.1 Å². The van der Waals surface area contributed by atoms with E-state index in [2.05, 4.69) is 29.1 Å². The van der Waals surface area contributed by atoms with Gasteiger partial charge < -0.3 is 18.8 Å².